The second kappa shape index (κ2) is 6.57. The summed E-state index contributed by atoms with van der Waals surface area (Å²) in [5.41, 5.74) is 3.60. The van der Waals surface area contributed by atoms with Gasteiger partial charge in [-0.3, -0.25) is 5.32 Å². The minimum absolute atomic E-state index is 0.257. The highest BCUT2D eigenvalue weighted by molar-refractivity contribution is 5.85. The SMILES string of the molecule is C=C(C)c1cccc(NC(=O)OCc2ccccc2)c1. The normalized spacial score (nSPS) is 9.85. The molecule has 0 fully saturated rings. The van der Waals surface area contributed by atoms with Crippen LogP contribution in [0.1, 0.15) is 18.1 Å². The van der Waals surface area contributed by atoms with Gasteiger partial charge < -0.3 is 4.74 Å². The molecule has 2 aromatic carbocycles. The first-order valence-electron chi connectivity index (χ1n) is 6.39. The molecule has 20 heavy (non-hydrogen) atoms. The van der Waals surface area contributed by atoms with E-state index in [9.17, 15) is 4.79 Å². The van der Waals surface area contributed by atoms with Crippen LogP contribution in [-0.4, -0.2) is 6.09 Å². The van der Waals surface area contributed by atoms with Crippen LogP contribution in [0, 0.1) is 0 Å². The summed E-state index contributed by atoms with van der Waals surface area (Å²) in [4.78, 5) is 11.7. The second-order valence-electron chi connectivity index (χ2n) is 4.55. The molecule has 0 bridgehead atoms. The van der Waals surface area contributed by atoms with Gasteiger partial charge in [0.1, 0.15) is 6.61 Å². The van der Waals surface area contributed by atoms with Crippen molar-refractivity contribution in [2.45, 2.75) is 13.5 Å². The molecule has 0 aromatic heterocycles. The molecule has 0 saturated carbocycles. The van der Waals surface area contributed by atoms with Gasteiger partial charge in [0, 0.05) is 5.69 Å². The lowest BCUT2D eigenvalue weighted by molar-refractivity contribution is 0.155. The van der Waals surface area contributed by atoms with Crippen LogP contribution in [0.3, 0.4) is 0 Å². The van der Waals surface area contributed by atoms with Gasteiger partial charge in [0.05, 0.1) is 0 Å². The third-order valence-corrected chi connectivity index (χ3v) is 2.81. The molecule has 102 valence electrons. The van der Waals surface area contributed by atoms with Crippen LogP contribution in [0.15, 0.2) is 61.2 Å². The number of hydrogen-bond acceptors (Lipinski definition) is 2. The van der Waals surface area contributed by atoms with Crippen molar-refractivity contribution in [3.8, 4) is 0 Å². The molecule has 0 aliphatic rings. The van der Waals surface area contributed by atoms with Gasteiger partial charge in [-0.2, -0.15) is 0 Å². The van der Waals surface area contributed by atoms with Crippen LogP contribution in [-0.2, 0) is 11.3 Å². The van der Waals surface area contributed by atoms with Crippen LogP contribution < -0.4 is 5.32 Å². The molecule has 0 unspecified atom stereocenters. The van der Waals surface area contributed by atoms with E-state index in [1.54, 1.807) is 0 Å². The summed E-state index contributed by atoms with van der Waals surface area (Å²) in [6.07, 6.45) is -0.465. The first-order valence-corrected chi connectivity index (χ1v) is 6.39. The van der Waals surface area contributed by atoms with Crippen molar-refractivity contribution in [2.24, 2.45) is 0 Å². The lowest BCUT2D eigenvalue weighted by Crippen LogP contribution is -2.13. The number of anilines is 1. The van der Waals surface area contributed by atoms with Crippen molar-refractivity contribution in [2.75, 3.05) is 5.32 Å². The minimum atomic E-state index is -0.465. The maximum absolute atomic E-state index is 11.7. The van der Waals surface area contributed by atoms with E-state index in [0.29, 0.717) is 5.69 Å². The molecule has 0 atom stereocenters. The van der Waals surface area contributed by atoms with Crippen molar-refractivity contribution >= 4 is 17.4 Å². The van der Waals surface area contributed by atoms with Gasteiger partial charge in [-0.1, -0.05) is 54.6 Å². The fourth-order valence-corrected chi connectivity index (χ4v) is 1.74. The standard InChI is InChI=1S/C17H17NO2/c1-13(2)15-9-6-10-16(11-15)18-17(19)20-12-14-7-4-3-5-8-14/h3-11H,1,12H2,2H3,(H,18,19). The average molecular weight is 267 g/mol. The Bertz CT molecular complexity index is 605. The van der Waals surface area contributed by atoms with E-state index in [0.717, 1.165) is 16.7 Å². The van der Waals surface area contributed by atoms with Crippen LogP contribution in [0.5, 0.6) is 0 Å². The van der Waals surface area contributed by atoms with Crippen molar-refractivity contribution < 1.29 is 9.53 Å². The van der Waals surface area contributed by atoms with Gasteiger partial charge in [-0.15, -0.1) is 0 Å². The molecular weight excluding hydrogens is 250 g/mol. The van der Waals surface area contributed by atoms with E-state index in [2.05, 4.69) is 11.9 Å². The summed E-state index contributed by atoms with van der Waals surface area (Å²) in [6.45, 7) is 6.06. The summed E-state index contributed by atoms with van der Waals surface area (Å²) in [7, 11) is 0. The van der Waals surface area contributed by atoms with Gasteiger partial charge in [-0.05, 0) is 30.2 Å². The highest BCUT2D eigenvalue weighted by Gasteiger charge is 2.04. The molecule has 0 heterocycles. The number of ether oxygens (including phenoxy) is 1. The monoisotopic (exact) mass is 267 g/mol. The number of benzene rings is 2. The highest BCUT2D eigenvalue weighted by Crippen LogP contribution is 2.17. The summed E-state index contributed by atoms with van der Waals surface area (Å²) in [6, 6.07) is 17.1. The molecule has 0 aliphatic heterocycles. The van der Waals surface area contributed by atoms with E-state index >= 15 is 0 Å². The molecule has 2 rings (SSSR count). The van der Waals surface area contributed by atoms with Crippen molar-refractivity contribution in [1.29, 1.82) is 0 Å². The van der Waals surface area contributed by atoms with E-state index in [4.69, 9.17) is 4.74 Å². The van der Waals surface area contributed by atoms with Crippen LogP contribution in [0.2, 0.25) is 0 Å². The van der Waals surface area contributed by atoms with Gasteiger partial charge in [0.2, 0.25) is 0 Å². The summed E-state index contributed by atoms with van der Waals surface area (Å²) >= 11 is 0. The van der Waals surface area contributed by atoms with E-state index < -0.39 is 6.09 Å². The zero-order valence-corrected chi connectivity index (χ0v) is 11.4. The van der Waals surface area contributed by atoms with Crippen molar-refractivity contribution in [1.82, 2.24) is 0 Å². The Morgan fingerprint density at radius 3 is 2.60 bits per heavy atom. The van der Waals surface area contributed by atoms with Crippen molar-refractivity contribution in [3.63, 3.8) is 0 Å². The molecular formula is C17H17NO2. The van der Waals surface area contributed by atoms with E-state index in [1.807, 2.05) is 61.5 Å². The van der Waals surface area contributed by atoms with Gasteiger partial charge in [0.15, 0.2) is 0 Å². The predicted octanol–water partition coefficient (Wildman–Crippen LogP) is 4.47. The number of nitrogens with one attached hydrogen (secondary N) is 1. The highest BCUT2D eigenvalue weighted by atomic mass is 16.5. The average Bonchev–Trinajstić information content (AvgIpc) is 2.46. The van der Waals surface area contributed by atoms with Crippen LogP contribution in [0.4, 0.5) is 10.5 Å². The van der Waals surface area contributed by atoms with Crippen molar-refractivity contribution in [3.05, 3.63) is 72.3 Å². The largest absolute Gasteiger partial charge is 0.444 e. The first-order chi connectivity index (χ1) is 9.65. The Kier molecular flexibility index (Phi) is 4.56. The molecule has 3 nitrogen and oxygen atoms in total. The maximum Gasteiger partial charge on any atom is 0.411 e. The van der Waals surface area contributed by atoms with Gasteiger partial charge >= 0.3 is 6.09 Å². The molecule has 0 radical (unpaired) electrons. The van der Waals surface area contributed by atoms with Gasteiger partial charge in [-0.25, -0.2) is 4.79 Å². The number of carbonyl (C=O) groups is 1. The third-order valence-electron chi connectivity index (χ3n) is 2.81. The fourth-order valence-electron chi connectivity index (χ4n) is 1.74. The maximum atomic E-state index is 11.7. The Morgan fingerprint density at radius 1 is 1.15 bits per heavy atom. The topological polar surface area (TPSA) is 38.3 Å². The smallest absolute Gasteiger partial charge is 0.411 e. The summed E-state index contributed by atoms with van der Waals surface area (Å²) < 4.78 is 5.16. The summed E-state index contributed by atoms with van der Waals surface area (Å²) in [5, 5.41) is 2.71. The lowest BCUT2D eigenvalue weighted by Gasteiger charge is -2.08. The zero-order chi connectivity index (χ0) is 14.4. The number of amides is 1. The zero-order valence-electron chi connectivity index (χ0n) is 11.4. The molecule has 1 amide bonds. The Balaban J connectivity index is 1.91. The quantitative estimate of drug-likeness (QED) is 0.887. The molecule has 2 aromatic rings. The predicted molar refractivity (Wildman–Crippen MR) is 81.4 cm³/mol. The number of allylic oxidation sites excluding steroid dienone is 1. The molecule has 1 N–H and O–H groups in total. The Hall–Kier alpha value is -2.55. The van der Waals surface area contributed by atoms with E-state index in [-0.39, 0.29) is 6.61 Å². The Labute approximate surface area is 118 Å². The molecule has 0 saturated heterocycles. The number of carbonyl (C=O) groups excluding carboxylic acids is 1. The van der Waals surface area contributed by atoms with Gasteiger partial charge in [0.25, 0.3) is 0 Å². The lowest BCUT2D eigenvalue weighted by atomic mass is 10.1. The number of rotatable bonds is 4. The molecule has 0 spiro atoms. The minimum Gasteiger partial charge on any atom is -0.444 e. The molecule has 0 aliphatic carbocycles. The Morgan fingerprint density at radius 2 is 1.90 bits per heavy atom. The van der Waals surface area contributed by atoms with Crippen LogP contribution in [0.25, 0.3) is 5.57 Å². The van der Waals surface area contributed by atoms with Crippen LogP contribution >= 0.6 is 0 Å². The van der Waals surface area contributed by atoms with E-state index in [1.165, 1.54) is 0 Å². The fraction of sp³-hybridized carbons (Fsp3) is 0.118. The summed E-state index contributed by atoms with van der Waals surface area (Å²) in [5.74, 6) is 0. The second-order valence-corrected chi connectivity index (χ2v) is 4.55. The third kappa shape index (κ3) is 3.99. The number of hydrogen-bond donors (Lipinski definition) is 1. The molecule has 3 heteroatoms. The first kappa shape index (κ1) is 13.9.